The van der Waals surface area contributed by atoms with Gasteiger partial charge in [-0.25, -0.2) is 9.67 Å². The fourth-order valence-corrected chi connectivity index (χ4v) is 2.08. The average molecular weight is 236 g/mol. The molecule has 1 aliphatic heterocycles. The molecular formula is C11H10ClN3O. The quantitative estimate of drug-likeness (QED) is 0.759. The van der Waals surface area contributed by atoms with Crippen molar-refractivity contribution in [1.82, 2.24) is 14.8 Å². The van der Waals surface area contributed by atoms with E-state index in [2.05, 4.69) is 10.1 Å². The van der Waals surface area contributed by atoms with Crippen LogP contribution in [0.2, 0.25) is 5.15 Å². The highest BCUT2D eigenvalue weighted by Gasteiger charge is 2.20. The Kier molecular flexibility index (Phi) is 2.38. The first kappa shape index (κ1) is 9.81. The van der Waals surface area contributed by atoms with Gasteiger partial charge in [0, 0.05) is 18.2 Å². The molecule has 82 valence electrons. The third-order valence-electron chi connectivity index (χ3n) is 2.60. The van der Waals surface area contributed by atoms with E-state index in [1.807, 2.05) is 18.2 Å². The maximum absolute atomic E-state index is 6.26. The molecule has 0 radical (unpaired) electrons. The number of ether oxygens (including phenoxy) is 1. The lowest BCUT2D eigenvalue weighted by Crippen LogP contribution is -2.08. The van der Waals surface area contributed by atoms with Crippen LogP contribution in [0.25, 0.3) is 5.82 Å². The van der Waals surface area contributed by atoms with Gasteiger partial charge in [-0.3, -0.25) is 0 Å². The molecule has 0 fully saturated rings. The lowest BCUT2D eigenvalue weighted by atomic mass is 10.2. The fraction of sp³-hybridized carbons (Fsp3) is 0.273. The number of aromatic nitrogens is 3. The van der Waals surface area contributed by atoms with Crippen LogP contribution in [-0.2, 0) is 17.8 Å². The Morgan fingerprint density at radius 3 is 3.06 bits per heavy atom. The SMILES string of the molecule is Clc1c2c(nn1-c1ccccn1)CCOC2. The second-order valence-electron chi connectivity index (χ2n) is 3.62. The third-order valence-corrected chi connectivity index (χ3v) is 2.99. The molecule has 0 aromatic carbocycles. The second-order valence-corrected chi connectivity index (χ2v) is 3.98. The normalized spacial score (nSPS) is 14.8. The summed E-state index contributed by atoms with van der Waals surface area (Å²) < 4.78 is 7.04. The molecule has 16 heavy (non-hydrogen) atoms. The largest absolute Gasteiger partial charge is 0.376 e. The number of nitrogens with zero attached hydrogens (tertiary/aromatic N) is 3. The Morgan fingerprint density at radius 1 is 1.38 bits per heavy atom. The number of pyridine rings is 1. The van der Waals surface area contributed by atoms with E-state index in [4.69, 9.17) is 16.3 Å². The number of hydrogen-bond donors (Lipinski definition) is 0. The first-order valence-electron chi connectivity index (χ1n) is 5.11. The van der Waals surface area contributed by atoms with Gasteiger partial charge in [-0.15, -0.1) is 0 Å². The summed E-state index contributed by atoms with van der Waals surface area (Å²) >= 11 is 6.26. The molecule has 0 amide bonds. The van der Waals surface area contributed by atoms with Gasteiger partial charge < -0.3 is 4.74 Å². The number of rotatable bonds is 1. The molecule has 0 aliphatic carbocycles. The van der Waals surface area contributed by atoms with Crippen molar-refractivity contribution in [3.05, 3.63) is 40.8 Å². The van der Waals surface area contributed by atoms with Crippen LogP contribution in [0.5, 0.6) is 0 Å². The average Bonchev–Trinajstić information content (AvgIpc) is 2.69. The van der Waals surface area contributed by atoms with E-state index in [0.29, 0.717) is 18.4 Å². The monoisotopic (exact) mass is 235 g/mol. The zero-order chi connectivity index (χ0) is 11.0. The van der Waals surface area contributed by atoms with Gasteiger partial charge in [0.1, 0.15) is 5.15 Å². The van der Waals surface area contributed by atoms with Crippen molar-refractivity contribution in [1.29, 1.82) is 0 Å². The predicted octanol–water partition coefficient (Wildman–Crippen LogP) is 1.99. The van der Waals surface area contributed by atoms with Crippen molar-refractivity contribution in [3.8, 4) is 5.82 Å². The molecule has 3 rings (SSSR count). The molecule has 0 atom stereocenters. The Labute approximate surface area is 97.8 Å². The lowest BCUT2D eigenvalue weighted by molar-refractivity contribution is 0.110. The van der Waals surface area contributed by atoms with E-state index < -0.39 is 0 Å². The molecule has 0 saturated heterocycles. The topological polar surface area (TPSA) is 39.9 Å². The summed E-state index contributed by atoms with van der Waals surface area (Å²) in [6.45, 7) is 1.25. The smallest absolute Gasteiger partial charge is 0.155 e. The van der Waals surface area contributed by atoms with Crippen molar-refractivity contribution in [2.45, 2.75) is 13.0 Å². The first-order chi connectivity index (χ1) is 7.86. The summed E-state index contributed by atoms with van der Waals surface area (Å²) in [5.74, 6) is 0.738. The van der Waals surface area contributed by atoms with Crippen LogP contribution in [0.15, 0.2) is 24.4 Å². The molecule has 2 aromatic heterocycles. The Hall–Kier alpha value is -1.39. The van der Waals surface area contributed by atoms with Crippen molar-refractivity contribution in [2.75, 3.05) is 6.61 Å². The molecule has 0 N–H and O–H groups in total. The summed E-state index contributed by atoms with van der Waals surface area (Å²) in [5, 5.41) is 5.07. The minimum absolute atomic E-state index is 0.543. The minimum atomic E-state index is 0.543. The summed E-state index contributed by atoms with van der Waals surface area (Å²) in [4.78, 5) is 4.23. The molecule has 0 spiro atoms. The van der Waals surface area contributed by atoms with Crippen molar-refractivity contribution in [2.24, 2.45) is 0 Å². The standard InChI is InChI=1S/C11H10ClN3O/c12-11-8-7-16-6-4-9(8)14-15(11)10-3-1-2-5-13-10/h1-3,5H,4,6-7H2. The molecule has 3 heterocycles. The van der Waals surface area contributed by atoms with E-state index in [-0.39, 0.29) is 0 Å². The van der Waals surface area contributed by atoms with Gasteiger partial charge in [0.05, 0.1) is 18.9 Å². The molecule has 2 aromatic rings. The molecule has 0 bridgehead atoms. The van der Waals surface area contributed by atoms with Crippen LogP contribution in [0.4, 0.5) is 0 Å². The Morgan fingerprint density at radius 2 is 2.31 bits per heavy atom. The van der Waals surface area contributed by atoms with Gasteiger partial charge in [0.25, 0.3) is 0 Å². The molecule has 1 aliphatic rings. The van der Waals surface area contributed by atoms with Crippen LogP contribution in [0.3, 0.4) is 0 Å². The van der Waals surface area contributed by atoms with Crippen molar-refractivity contribution >= 4 is 11.6 Å². The molecule has 4 nitrogen and oxygen atoms in total. The molecule has 0 saturated carbocycles. The highest BCUT2D eigenvalue weighted by atomic mass is 35.5. The number of hydrogen-bond acceptors (Lipinski definition) is 3. The van der Waals surface area contributed by atoms with E-state index in [1.165, 1.54) is 0 Å². The fourth-order valence-electron chi connectivity index (χ4n) is 1.79. The van der Waals surface area contributed by atoms with Gasteiger partial charge >= 0.3 is 0 Å². The maximum Gasteiger partial charge on any atom is 0.155 e. The van der Waals surface area contributed by atoms with Crippen LogP contribution < -0.4 is 0 Å². The van der Waals surface area contributed by atoms with Crippen molar-refractivity contribution < 1.29 is 4.74 Å². The maximum atomic E-state index is 6.26. The highest BCUT2D eigenvalue weighted by Crippen LogP contribution is 2.26. The van der Waals surface area contributed by atoms with E-state index in [1.54, 1.807) is 10.9 Å². The van der Waals surface area contributed by atoms with Gasteiger partial charge in [-0.1, -0.05) is 17.7 Å². The second kappa shape index (κ2) is 3.88. The summed E-state index contributed by atoms with van der Waals surface area (Å²) in [6.07, 6.45) is 2.54. The van der Waals surface area contributed by atoms with Gasteiger partial charge in [-0.2, -0.15) is 5.10 Å². The van der Waals surface area contributed by atoms with E-state index in [0.717, 1.165) is 23.5 Å². The zero-order valence-corrected chi connectivity index (χ0v) is 9.31. The van der Waals surface area contributed by atoms with E-state index >= 15 is 0 Å². The molecule has 5 heteroatoms. The molecular weight excluding hydrogens is 226 g/mol. The Balaban J connectivity index is 2.12. The van der Waals surface area contributed by atoms with Crippen molar-refractivity contribution in [3.63, 3.8) is 0 Å². The van der Waals surface area contributed by atoms with Crippen LogP contribution in [-0.4, -0.2) is 21.4 Å². The van der Waals surface area contributed by atoms with E-state index in [9.17, 15) is 0 Å². The first-order valence-corrected chi connectivity index (χ1v) is 5.49. The summed E-state index contributed by atoms with van der Waals surface area (Å²) in [5.41, 5.74) is 2.00. The summed E-state index contributed by atoms with van der Waals surface area (Å²) in [7, 11) is 0. The van der Waals surface area contributed by atoms with Gasteiger partial charge in [0.2, 0.25) is 0 Å². The summed E-state index contributed by atoms with van der Waals surface area (Å²) in [6, 6.07) is 5.66. The third kappa shape index (κ3) is 1.50. The Bertz CT molecular complexity index is 509. The lowest BCUT2D eigenvalue weighted by Gasteiger charge is -2.09. The molecule has 0 unspecified atom stereocenters. The van der Waals surface area contributed by atoms with Crippen LogP contribution in [0.1, 0.15) is 11.3 Å². The number of halogens is 1. The van der Waals surface area contributed by atoms with Gasteiger partial charge in [0.15, 0.2) is 5.82 Å². The highest BCUT2D eigenvalue weighted by molar-refractivity contribution is 6.30. The number of fused-ring (bicyclic) bond motifs is 1. The van der Waals surface area contributed by atoms with Crippen LogP contribution in [0, 0.1) is 0 Å². The van der Waals surface area contributed by atoms with Gasteiger partial charge in [-0.05, 0) is 12.1 Å². The zero-order valence-electron chi connectivity index (χ0n) is 8.56. The minimum Gasteiger partial charge on any atom is -0.376 e. The predicted molar refractivity (Wildman–Crippen MR) is 59.7 cm³/mol. The van der Waals surface area contributed by atoms with Crippen LogP contribution >= 0.6 is 11.6 Å².